The molecule has 0 aromatic heterocycles. The number of benzene rings is 1. The van der Waals surface area contributed by atoms with E-state index in [-0.39, 0.29) is 23.0 Å². The Bertz CT molecular complexity index is 708. The zero-order chi connectivity index (χ0) is 17.3. The Hall–Kier alpha value is -1.67. The van der Waals surface area contributed by atoms with E-state index in [1.807, 2.05) is 6.92 Å². The number of anilines is 1. The first-order valence-electron chi connectivity index (χ1n) is 8.22. The lowest BCUT2D eigenvalue weighted by molar-refractivity contribution is 0.212. The van der Waals surface area contributed by atoms with Crippen LogP contribution in [-0.2, 0) is 10.0 Å². The predicted molar refractivity (Wildman–Crippen MR) is 89.7 cm³/mol. The van der Waals surface area contributed by atoms with Crippen molar-refractivity contribution < 1.29 is 17.6 Å². The first-order chi connectivity index (χ1) is 11.4. The van der Waals surface area contributed by atoms with Crippen molar-refractivity contribution >= 4 is 21.7 Å². The number of likely N-dealkylation sites (tertiary alicyclic amines) is 1. The van der Waals surface area contributed by atoms with Crippen molar-refractivity contribution in [2.45, 2.75) is 25.0 Å². The molecule has 132 valence electrons. The molecule has 2 aliphatic heterocycles. The maximum absolute atomic E-state index is 12.9. The van der Waals surface area contributed by atoms with Gasteiger partial charge in [0, 0.05) is 31.9 Å². The van der Waals surface area contributed by atoms with Crippen molar-refractivity contribution in [1.29, 1.82) is 0 Å². The lowest BCUT2D eigenvalue weighted by Crippen LogP contribution is -2.37. The minimum absolute atomic E-state index is 0.0820. The van der Waals surface area contributed by atoms with E-state index >= 15 is 0 Å². The quantitative estimate of drug-likeness (QED) is 0.883. The molecule has 6 nitrogen and oxygen atoms in total. The molecule has 2 fully saturated rings. The molecule has 0 bridgehead atoms. The highest BCUT2D eigenvalue weighted by atomic mass is 32.2. The SMILES string of the molecule is CCN1C[C@H]2CCN(C(=O)Nc3ccc(F)cc3)CC[C@H]2S1(=O)=O. The molecule has 1 aromatic rings. The molecule has 1 N–H and O–H groups in total. The number of hydrogen-bond donors (Lipinski definition) is 1. The van der Waals surface area contributed by atoms with Crippen LogP contribution in [0.15, 0.2) is 24.3 Å². The van der Waals surface area contributed by atoms with Crippen molar-refractivity contribution in [2.24, 2.45) is 5.92 Å². The molecule has 2 heterocycles. The third kappa shape index (κ3) is 3.25. The molecule has 2 atom stereocenters. The van der Waals surface area contributed by atoms with Crippen molar-refractivity contribution in [3.8, 4) is 0 Å². The summed E-state index contributed by atoms with van der Waals surface area (Å²) in [5.41, 5.74) is 0.524. The van der Waals surface area contributed by atoms with Crippen LogP contribution in [0, 0.1) is 11.7 Å². The number of nitrogens with one attached hydrogen (secondary N) is 1. The number of sulfonamides is 1. The predicted octanol–water partition coefficient (Wildman–Crippen LogP) is 2.10. The summed E-state index contributed by atoms with van der Waals surface area (Å²) in [6.07, 6.45) is 1.14. The Morgan fingerprint density at radius 2 is 1.92 bits per heavy atom. The van der Waals surface area contributed by atoms with E-state index in [9.17, 15) is 17.6 Å². The molecule has 1 aromatic carbocycles. The molecule has 3 rings (SSSR count). The van der Waals surface area contributed by atoms with Crippen LogP contribution in [0.1, 0.15) is 19.8 Å². The standard InChI is InChI=1S/C16H22FN3O3S/c1-2-20-11-12-7-9-19(10-8-15(12)24(20,22)23)16(21)18-14-5-3-13(17)4-6-14/h3-6,12,15H,2,7-11H2,1H3,(H,18,21)/t12-,15-/m1/s1. The van der Waals surface area contributed by atoms with Crippen LogP contribution in [0.25, 0.3) is 0 Å². The minimum atomic E-state index is -3.24. The van der Waals surface area contributed by atoms with E-state index in [0.717, 1.165) is 0 Å². The van der Waals surface area contributed by atoms with Gasteiger partial charge in [-0.1, -0.05) is 6.92 Å². The number of hydrogen-bond acceptors (Lipinski definition) is 3. The molecule has 24 heavy (non-hydrogen) atoms. The summed E-state index contributed by atoms with van der Waals surface area (Å²) in [6, 6.07) is 5.31. The van der Waals surface area contributed by atoms with Crippen molar-refractivity contribution in [1.82, 2.24) is 9.21 Å². The highest BCUT2D eigenvalue weighted by Gasteiger charge is 2.46. The third-order valence-electron chi connectivity index (χ3n) is 4.90. The fourth-order valence-electron chi connectivity index (χ4n) is 3.54. The Kier molecular flexibility index (Phi) is 4.78. The van der Waals surface area contributed by atoms with Gasteiger partial charge in [-0.05, 0) is 43.0 Å². The lowest BCUT2D eigenvalue weighted by Gasteiger charge is -2.22. The molecule has 0 unspecified atom stereocenters. The van der Waals surface area contributed by atoms with Crippen molar-refractivity contribution in [3.05, 3.63) is 30.1 Å². The van der Waals surface area contributed by atoms with Gasteiger partial charge in [-0.2, -0.15) is 0 Å². The second kappa shape index (κ2) is 6.68. The molecule has 0 spiro atoms. The third-order valence-corrected chi connectivity index (χ3v) is 7.41. The zero-order valence-electron chi connectivity index (χ0n) is 13.6. The Labute approximate surface area is 141 Å². The molecule has 2 amide bonds. The average Bonchev–Trinajstić information content (AvgIpc) is 2.70. The van der Waals surface area contributed by atoms with Gasteiger partial charge in [-0.25, -0.2) is 21.9 Å². The van der Waals surface area contributed by atoms with Crippen LogP contribution < -0.4 is 5.32 Å². The second-order valence-corrected chi connectivity index (χ2v) is 8.45. The van der Waals surface area contributed by atoms with Gasteiger partial charge in [0.05, 0.1) is 5.25 Å². The van der Waals surface area contributed by atoms with Gasteiger partial charge in [0.25, 0.3) is 0 Å². The first-order valence-corrected chi connectivity index (χ1v) is 9.72. The smallest absolute Gasteiger partial charge is 0.321 e. The fraction of sp³-hybridized carbons (Fsp3) is 0.562. The number of carbonyl (C=O) groups excluding carboxylic acids is 1. The van der Waals surface area contributed by atoms with Gasteiger partial charge in [0.1, 0.15) is 5.82 Å². The zero-order valence-corrected chi connectivity index (χ0v) is 14.4. The summed E-state index contributed by atoms with van der Waals surface area (Å²) in [5.74, 6) is -0.278. The summed E-state index contributed by atoms with van der Waals surface area (Å²) in [6.45, 7) is 3.85. The normalized spacial score (nSPS) is 26.7. The second-order valence-electron chi connectivity index (χ2n) is 6.30. The fourth-order valence-corrected chi connectivity index (χ4v) is 5.80. The van der Waals surface area contributed by atoms with Crippen molar-refractivity contribution in [2.75, 3.05) is 31.5 Å². The molecule has 8 heteroatoms. The molecule has 2 aliphatic rings. The largest absolute Gasteiger partial charge is 0.324 e. The molecule has 2 saturated heterocycles. The van der Waals surface area contributed by atoms with Gasteiger partial charge in [0.2, 0.25) is 10.0 Å². The molecular formula is C16H22FN3O3S. The summed E-state index contributed by atoms with van der Waals surface area (Å²) in [7, 11) is -3.24. The number of rotatable bonds is 2. The van der Waals surface area contributed by atoms with Gasteiger partial charge >= 0.3 is 6.03 Å². The number of carbonyl (C=O) groups is 1. The molecule has 0 radical (unpaired) electrons. The first kappa shape index (κ1) is 17.2. The lowest BCUT2D eigenvalue weighted by atomic mass is 10.0. The summed E-state index contributed by atoms with van der Waals surface area (Å²) >= 11 is 0. The van der Waals surface area contributed by atoms with Crippen LogP contribution >= 0.6 is 0 Å². The van der Waals surface area contributed by atoms with E-state index in [1.54, 1.807) is 9.21 Å². The van der Waals surface area contributed by atoms with Gasteiger partial charge in [0.15, 0.2) is 0 Å². The van der Waals surface area contributed by atoms with E-state index in [2.05, 4.69) is 5.32 Å². The average molecular weight is 355 g/mol. The minimum Gasteiger partial charge on any atom is -0.324 e. The van der Waals surface area contributed by atoms with E-state index in [1.165, 1.54) is 24.3 Å². The van der Waals surface area contributed by atoms with Crippen LogP contribution in [-0.4, -0.2) is 55.1 Å². The number of nitrogens with zero attached hydrogens (tertiary/aromatic N) is 2. The Morgan fingerprint density at radius 1 is 1.25 bits per heavy atom. The number of amides is 2. The van der Waals surface area contributed by atoms with Crippen molar-refractivity contribution in [3.63, 3.8) is 0 Å². The van der Waals surface area contributed by atoms with E-state index in [0.29, 0.717) is 44.7 Å². The maximum atomic E-state index is 12.9. The van der Waals surface area contributed by atoms with Crippen LogP contribution in [0.4, 0.5) is 14.9 Å². The van der Waals surface area contributed by atoms with E-state index in [4.69, 9.17) is 0 Å². The maximum Gasteiger partial charge on any atom is 0.321 e. The number of urea groups is 1. The van der Waals surface area contributed by atoms with Gasteiger partial charge in [-0.3, -0.25) is 0 Å². The van der Waals surface area contributed by atoms with Crippen LogP contribution in [0.2, 0.25) is 0 Å². The van der Waals surface area contributed by atoms with Gasteiger partial charge < -0.3 is 10.2 Å². The summed E-state index contributed by atoms with van der Waals surface area (Å²) in [5, 5.41) is 2.35. The number of halogens is 1. The van der Waals surface area contributed by atoms with Crippen LogP contribution in [0.5, 0.6) is 0 Å². The van der Waals surface area contributed by atoms with Crippen LogP contribution in [0.3, 0.4) is 0 Å². The highest BCUT2D eigenvalue weighted by molar-refractivity contribution is 7.90. The molecule has 0 saturated carbocycles. The summed E-state index contributed by atoms with van der Waals surface area (Å²) in [4.78, 5) is 14.0. The topological polar surface area (TPSA) is 69.7 Å². The molecule has 0 aliphatic carbocycles. The Morgan fingerprint density at radius 3 is 2.58 bits per heavy atom. The molecular weight excluding hydrogens is 333 g/mol. The van der Waals surface area contributed by atoms with E-state index < -0.39 is 10.0 Å². The van der Waals surface area contributed by atoms with Gasteiger partial charge in [-0.15, -0.1) is 0 Å². The highest BCUT2D eigenvalue weighted by Crippen LogP contribution is 2.34. The Balaban J connectivity index is 1.64. The summed E-state index contributed by atoms with van der Waals surface area (Å²) < 4.78 is 39.4. The monoisotopic (exact) mass is 355 g/mol. The number of fused-ring (bicyclic) bond motifs is 1.